The molecule has 0 aliphatic carbocycles. The fourth-order valence-corrected chi connectivity index (χ4v) is 1.98. The number of rotatable bonds is 3. The van der Waals surface area contributed by atoms with Gasteiger partial charge in [-0.2, -0.15) is 0 Å². The van der Waals surface area contributed by atoms with Crippen LogP contribution in [0.15, 0.2) is 12.1 Å². The van der Waals surface area contributed by atoms with E-state index in [9.17, 15) is 4.79 Å². The number of hydrazine groups is 1. The van der Waals surface area contributed by atoms with E-state index in [1.54, 1.807) is 20.1 Å². The van der Waals surface area contributed by atoms with Gasteiger partial charge in [0.1, 0.15) is 5.75 Å². The molecule has 1 amide bonds. The highest BCUT2D eigenvalue weighted by Gasteiger charge is 2.20. The van der Waals surface area contributed by atoms with Crippen molar-refractivity contribution in [3.8, 4) is 5.75 Å². The predicted molar refractivity (Wildman–Crippen MR) is 68.1 cm³/mol. The summed E-state index contributed by atoms with van der Waals surface area (Å²) in [5, 5.41) is 1.58. The second kappa shape index (κ2) is 5.38. The smallest absolute Gasteiger partial charge is 0.243 e. The first-order valence-electron chi connectivity index (χ1n) is 5.24. The van der Waals surface area contributed by atoms with E-state index in [2.05, 4.69) is 0 Å². The van der Waals surface area contributed by atoms with Crippen LogP contribution in [0.5, 0.6) is 5.75 Å². The minimum Gasteiger partial charge on any atom is -0.495 e. The summed E-state index contributed by atoms with van der Waals surface area (Å²) in [6.07, 6.45) is 0. The zero-order valence-corrected chi connectivity index (χ0v) is 11.2. The largest absolute Gasteiger partial charge is 0.495 e. The van der Waals surface area contributed by atoms with E-state index in [1.165, 1.54) is 7.05 Å². The van der Waals surface area contributed by atoms with Gasteiger partial charge in [-0.25, -0.2) is 5.84 Å². The van der Waals surface area contributed by atoms with Crippen LogP contribution in [0.1, 0.15) is 24.0 Å². The molecule has 0 heterocycles. The van der Waals surface area contributed by atoms with Gasteiger partial charge in [-0.1, -0.05) is 11.6 Å². The van der Waals surface area contributed by atoms with Crippen LogP contribution in [0.2, 0.25) is 5.02 Å². The Morgan fingerprint density at radius 1 is 1.53 bits per heavy atom. The van der Waals surface area contributed by atoms with Crippen LogP contribution < -0.4 is 10.6 Å². The van der Waals surface area contributed by atoms with Crippen LogP contribution in [0, 0.1) is 6.92 Å². The summed E-state index contributed by atoms with van der Waals surface area (Å²) in [7, 11) is 3.09. The molecule has 0 aliphatic rings. The zero-order valence-electron chi connectivity index (χ0n) is 10.5. The number of benzene rings is 1. The lowest BCUT2D eigenvalue weighted by atomic mass is 9.95. The molecule has 0 saturated carbocycles. The van der Waals surface area contributed by atoms with E-state index in [-0.39, 0.29) is 11.8 Å². The number of ether oxygens (including phenoxy) is 1. The molecule has 94 valence electrons. The number of halogens is 1. The third-order valence-corrected chi connectivity index (χ3v) is 3.02. The number of hydrogen-bond acceptors (Lipinski definition) is 3. The van der Waals surface area contributed by atoms with Crippen molar-refractivity contribution in [3.63, 3.8) is 0 Å². The number of carbonyl (C=O) groups is 1. The van der Waals surface area contributed by atoms with E-state index in [0.717, 1.165) is 16.1 Å². The Kier molecular flexibility index (Phi) is 4.37. The minimum atomic E-state index is -0.326. The van der Waals surface area contributed by atoms with Gasteiger partial charge in [-0.3, -0.25) is 9.80 Å². The Balaban J connectivity index is 3.15. The number of nitrogens with zero attached hydrogens (tertiary/aromatic N) is 1. The maximum absolute atomic E-state index is 11.8. The van der Waals surface area contributed by atoms with Crippen molar-refractivity contribution in [2.24, 2.45) is 5.84 Å². The average molecular weight is 257 g/mol. The third kappa shape index (κ3) is 2.90. The van der Waals surface area contributed by atoms with E-state index < -0.39 is 0 Å². The molecule has 0 aliphatic heterocycles. The molecule has 0 saturated heterocycles. The fraction of sp³-hybridized carbons (Fsp3) is 0.417. The van der Waals surface area contributed by atoms with Crippen LogP contribution >= 0.6 is 11.6 Å². The van der Waals surface area contributed by atoms with Crippen LogP contribution in [0.25, 0.3) is 0 Å². The van der Waals surface area contributed by atoms with Gasteiger partial charge in [0.2, 0.25) is 5.91 Å². The SMILES string of the molecule is COc1cc(C)c(C(C)C(=O)N(C)N)cc1Cl. The summed E-state index contributed by atoms with van der Waals surface area (Å²) < 4.78 is 5.12. The van der Waals surface area contributed by atoms with Crippen molar-refractivity contribution < 1.29 is 9.53 Å². The van der Waals surface area contributed by atoms with Gasteiger partial charge in [0, 0.05) is 7.05 Å². The van der Waals surface area contributed by atoms with Crippen LogP contribution in [-0.2, 0) is 4.79 Å². The lowest BCUT2D eigenvalue weighted by molar-refractivity contribution is -0.131. The van der Waals surface area contributed by atoms with Gasteiger partial charge in [0.05, 0.1) is 18.1 Å². The molecule has 1 rings (SSSR count). The lowest BCUT2D eigenvalue weighted by Crippen LogP contribution is -2.36. The number of hydrogen-bond donors (Lipinski definition) is 1. The van der Waals surface area contributed by atoms with E-state index >= 15 is 0 Å². The minimum absolute atomic E-state index is 0.158. The number of aryl methyl sites for hydroxylation is 1. The summed E-state index contributed by atoms with van der Waals surface area (Å²) in [5.41, 5.74) is 1.81. The predicted octanol–water partition coefficient (Wildman–Crippen LogP) is 2.09. The van der Waals surface area contributed by atoms with Crippen molar-refractivity contribution in [1.29, 1.82) is 0 Å². The molecule has 0 radical (unpaired) electrons. The van der Waals surface area contributed by atoms with Gasteiger partial charge >= 0.3 is 0 Å². The summed E-state index contributed by atoms with van der Waals surface area (Å²) in [6, 6.07) is 3.57. The maximum Gasteiger partial charge on any atom is 0.243 e. The highest BCUT2D eigenvalue weighted by atomic mass is 35.5. The second-order valence-corrected chi connectivity index (χ2v) is 4.42. The fourth-order valence-electron chi connectivity index (χ4n) is 1.73. The molecule has 17 heavy (non-hydrogen) atoms. The number of likely N-dealkylation sites (N-methyl/N-ethyl adjacent to an activating group) is 1. The van der Waals surface area contributed by atoms with Crippen molar-refractivity contribution in [2.45, 2.75) is 19.8 Å². The highest BCUT2D eigenvalue weighted by Crippen LogP contribution is 2.31. The molecule has 0 aromatic heterocycles. The van der Waals surface area contributed by atoms with Crippen molar-refractivity contribution in [3.05, 3.63) is 28.3 Å². The van der Waals surface area contributed by atoms with Crippen LogP contribution in [0.3, 0.4) is 0 Å². The molecule has 4 nitrogen and oxygen atoms in total. The Labute approximate surface area is 106 Å². The standard InChI is InChI=1S/C12H17ClN2O2/c1-7-5-11(17-4)10(13)6-9(7)8(2)12(16)15(3)14/h5-6,8H,14H2,1-4H3. The molecular weight excluding hydrogens is 240 g/mol. The molecule has 0 fully saturated rings. The molecule has 0 spiro atoms. The van der Waals surface area contributed by atoms with Gasteiger partial charge in [0.15, 0.2) is 0 Å². The average Bonchev–Trinajstić information content (AvgIpc) is 2.29. The van der Waals surface area contributed by atoms with Crippen molar-refractivity contribution in [1.82, 2.24) is 5.01 Å². The Morgan fingerprint density at radius 3 is 2.59 bits per heavy atom. The normalized spacial score (nSPS) is 12.1. The van der Waals surface area contributed by atoms with Crippen molar-refractivity contribution >= 4 is 17.5 Å². The molecular formula is C12H17ClN2O2. The highest BCUT2D eigenvalue weighted by molar-refractivity contribution is 6.32. The van der Waals surface area contributed by atoms with E-state index in [1.807, 2.05) is 13.0 Å². The molecule has 1 unspecified atom stereocenters. The first kappa shape index (κ1) is 13.8. The van der Waals surface area contributed by atoms with E-state index in [0.29, 0.717) is 10.8 Å². The quantitative estimate of drug-likeness (QED) is 0.512. The van der Waals surface area contributed by atoms with Gasteiger partial charge < -0.3 is 4.74 Å². The Bertz CT molecular complexity index is 433. The number of carbonyl (C=O) groups excluding carboxylic acids is 1. The molecule has 0 bridgehead atoms. The van der Waals surface area contributed by atoms with E-state index in [4.69, 9.17) is 22.2 Å². The number of nitrogens with two attached hydrogens (primary N) is 1. The summed E-state index contributed by atoms with van der Waals surface area (Å²) in [5.74, 6) is 5.57. The van der Waals surface area contributed by atoms with Crippen molar-refractivity contribution in [2.75, 3.05) is 14.2 Å². The second-order valence-electron chi connectivity index (χ2n) is 4.01. The van der Waals surface area contributed by atoms with Gasteiger partial charge in [-0.05, 0) is 37.1 Å². The topological polar surface area (TPSA) is 55.6 Å². The Morgan fingerprint density at radius 2 is 2.12 bits per heavy atom. The molecule has 5 heteroatoms. The van der Waals surface area contributed by atoms with Crippen LogP contribution in [0.4, 0.5) is 0 Å². The first-order valence-corrected chi connectivity index (χ1v) is 5.62. The summed E-state index contributed by atoms with van der Waals surface area (Å²) >= 11 is 6.05. The number of amides is 1. The van der Waals surface area contributed by atoms with Gasteiger partial charge in [-0.15, -0.1) is 0 Å². The summed E-state index contributed by atoms with van der Waals surface area (Å²) in [4.78, 5) is 11.8. The monoisotopic (exact) mass is 256 g/mol. The maximum atomic E-state index is 11.8. The number of methoxy groups -OCH3 is 1. The molecule has 1 atom stereocenters. The third-order valence-electron chi connectivity index (χ3n) is 2.73. The van der Waals surface area contributed by atoms with Gasteiger partial charge in [0.25, 0.3) is 0 Å². The first-order chi connectivity index (χ1) is 7.88. The molecule has 2 N–H and O–H groups in total. The molecule has 1 aromatic rings. The summed E-state index contributed by atoms with van der Waals surface area (Å²) in [6.45, 7) is 3.71. The molecule has 1 aromatic carbocycles. The zero-order chi connectivity index (χ0) is 13.2. The Hall–Kier alpha value is -1.26. The lowest BCUT2D eigenvalue weighted by Gasteiger charge is -2.19. The van der Waals surface area contributed by atoms with Crippen LogP contribution in [-0.4, -0.2) is 25.1 Å².